The van der Waals surface area contributed by atoms with Gasteiger partial charge in [0.15, 0.2) is 0 Å². The quantitative estimate of drug-likeness (QED) is 0.890. The van der Waals surface area contributed by atoms with Gasteiger partial charge in [0.2, 0.25) is 11.8 Å². The van der Waals surface area contributed by atoms with Crippen molar-refractivity contribution in [1.29, 1.82) is 0 Å². The fourth-order valence-corrected chi connectivity index (χ4v) is 2.99. The van der Waals surface area contributed by atoms with E-state index in [0.29, 0.717) is 17.3 Å². The minimum Gasteiger partial charge on any atom is -0.481 e. The van der Waals surface area contributed by atoms with E-state index in [-0.39, 0.29) is 17.8 Å². The molecule has 3 heterocycles. The molecule has 2 aromatic heterocycles. The minimum absolute atomic E-state index is 0.224. The number of rotatable bonds is 5. The number of likely N-dealkylation sites (tertiary alicyclic amines) is 1. The highest BCUT2D eigenvalue weighted by Crippen LogP contribution is 2.26. The molecule has 0 aliphatic carbocycles. The number of ether oxygens (including phenoxy) is 2. The zero-order valence-corrected chi connectivity index (χ0v) is 14.7. The van der Waals surface area contributed by atoms with Crippen molar-refractivity contribution in [1.82, 2.24) is 19.7 Å². The molecule has 2 aromatic rings. The van der Waals surface area contributed by atoms with Crippen LogP contribution in [0.4, 0.5) is 5.82 Å². The average molecular weight is 345 g/mol. The monoisotopic (exact) mass is 345 g/mol. The molecule has 0 saturated carbocycles. The molecule has 25 heavy (non-hydrogen) atoms. The smallest absolute Gasteiger partial charge is 0.262 e. The first kappa shape index (κ1) is 17.2. The van der Waals surface area contributed by atoms with Gasteiger partial charge in [-0.15, -0.1) is 0 Å². The van der Waals surface area contributed by atoms with Crippen LogP contribution in [-0.2, 0) is 0 Å². The van der Waals surface area contributed by atoms with Gasteiger partial charge in [-0.25, -0.2) is 4.68 Å². The van der Waals surface area contributed by atoms with E-state index in [9.17, 15) is 4.79 Å². The molecule has 1 N–H and O–H groups in total. The van der Waals surface area contributed by atoms with Crippen LogP contribution in [0, 0.1) is 0 Å². The maximum Gasteiger partial charge on any atom is 0.262 e. The van der Waals surface area contributed by atoms with Crippen LogP contribution < -0.4 is 14.8 Å². The van der Waals surface area contributed by atoms with Crippen molar-refractivity contribution >= 4 is 11.7 Å². The van der Waals surface area contributed by atoms with Crippen molar-refractivity contribution in [3.05, 3.63) is 30.0 Å². The number of carbonyl (C=O) groups is 1. The van der Waals surface area contributed by atoms with E-state index in [1.54, 1.807) is 24.4 Å². The molecule has 3 rings (SSSR count). The van der Waals surface area contributed by atoms with Crippen LogP contribution >= 0.6 is 0 Å². The Morgan fingerprint density at radius 2 is 1.96 bits per heavy atom. The lowest BCUT2D eigenvalue weighted by molar-refractivity contribution is 0.102. The molecule has 0 atom stereocenters. The summed E-state index contributed by atoms with van der Waals surface area (Å²) in [4.78, 5) is 19.1. The van der Waals surface area contributed by atoms with E-state index in [1.165, 1.54) is 14.2 Å². The first-order chi connectivity index (χ1) is 12.1. The zero-order valence-electron chi connectivity index (χ0n) is 14.7. The third kappa shape index (κ3) is 3.74. The molecule has 0 radical (unpaired) electrons. The van der Waals surface area contributed by atoms with Gasteiger partial charge in [0, 0.05) is 12.1 Å². The van der Waals surface area contributed by atoms with Crippen LogP contribution in [0.5, 0.6) is 11.8 Å². The Morgan fingerprint density at radius 1 is 1.20 bits per heavy atom. The predicted octanol–water partition coefficient (Wildman–Crippen LogP) is 1.81. The van der Waals surface area contributed by atoms with Gasteiger partial charge in [0.1, 0.15) is 11.4 Å². The normalized spacial score (nSPS) is 15.8. The number of nitrogens with zero attached hydrogens (tertiary/aromatic N) is 4. The van der Waals surface area contributed by atoms with Crippen LogP contribution in [0.2, 0.25) is 0 Å². The third-order valence-electron chi connectivity index (χ3n) is 4.43. The molecule has 8 heteroatoms. The molecule has 0 bridgehead atoms. The Bertz CT molecular complexity index is 738. The lowest BCUT2D eigenvalue weighted by Crippen LogP contribution is -2.32. The summed E-state index contributed by atoms with van der Waals surface area (Å²) in [5.41, 5.74) is 0.347. The number of aromatic nitrogens is 3. The SMILES string of the molecule is COc1ccc(C(=O)Nc2ccnn2C2CCN(C)CC2)c(OC)n1. The number of pyridine rings is 1. The molecule has 0 aromatic carbocycles. The Hall–Kier alpha value is -2.61. The third-order valence-corrected chi connectivity index (χ3v) is 4.43. The molecule has 0 unspecified atom stereocenters. The number of hydrogen-bond acceptors (Lipinski definition) is 6. The summed E-state index contributed by atoms with van der Waals surface area (Å²) in [5.74, 6) is 1.01. The fraction of sp³-hybridized carbons (Fsp3) is 0.471. The highest BCUT2D eigenvalue weighted by molar-refractivity contribution is 6.05. The summed E-state index contributed by atoms with van der Waals surface area (Å²) in [6, 6.07) is 5.36. The van der Waals surface area contributed by atoms with E-state index in [0.717, 1.165) is 25.9 Å². The van der Waals surface area contributed by atoms with Crippen LogP contribution in [-0.4, -0.2) is 59.9 Å². The van der Waals surface area contributed by atoms with Crippen molar-refractivity contribution in [2.75, 3.05) is 39.7 Å². The molecule has 1 fully saturated rings. The molecular formula is C17H23N5O3. The van der Waals surface area contributed by atoms with E-state index in [4.69, 9.17) is 9.47 Å². The van der Waals surface area contributed by atoms with Gasteiger partial charge in [0.05, 0.1) is 26.5 Å². The molecule has 1 amide bonds. The van der Waals surface area contributed by atoms with Gasteiger partial charge in [0.25, 0.3) is 5.91 Å². The predicted molar refractivity (Wildman–Crippen MR) is 93.3 cm³/mol. The first-order valence-electron chi connectivity index (χ1n) is 8.24. The Kier molecular flexibility index (Phi) is 5.18. The lowest BCUT2D eigenvalue weighted by atomic mass is 10.1. The lowest BCUT2D eigenvalue weighted by Gasteiger charge is -2.30. The summed E-state index contributed by atoms with van der Waals surface area (Å²) in [5, 5.41) is 7.31. The molecule has 0 spiro atoms. The maximum absolute atomic E-state index is 12.7. The Morgan fingerprint density at radius 3 is 2.64 bits per heavy atom. The van der Waals surface area contributed by atoms with E-state index < -0.39 is 0 Å². The van der Waals surface area contributed by atoms with Crippen molar-refractivity contribution in [3.63, 3.8) is 0 Å². The number of nitrogens with one attached hydrogen (secondary N) is 1. The summed E-state index contributed by atoms with van der Waals surface area (Å²) in [6.07, 6.45) is 3.72. The highest BCUT2D eigenvalue weighted by Gasteiger charge is 2.22. The maximum atomic E-state index is 12.7. The van der Waals surface area contributed by atoms with E-state index in [1.807, 2.05) is 4.68 Å². The average Bonchev–Trinajstić information content (AvgIpc) is 3.09. The van der Waals surface area contributed by atoms with Crippen molar-refractivity contribution in [2.45, 2.75) is 18.9 Å². The van der Waals surface area contributed by atoms with Gasteiger partial charge in [-0.05, 0) is 39.0 Å². The summed E-state index contributed by atoms with van der Waals surface area (Å²) >= 11 is 0. The second-order valence-electron chi connectivity index (χ2n) is 6.06. The standard InChI is InChI=1S/C17H23N5O3/c1-21-10-7-12(8-11-21)22-14(6-9-18-22)19-16(23)13-4-5-15(24-2)20-17(13)25-3/h4-6,9,12H,7-8,10-11H2,1-3H3,(H,19,23). The van der Waals surface area contributed by atoms with Gasteiger partial charge in [-0.3, -0.25) is 4.79 Å². The van der Waals surface area contributed by atoms with Gasteiger partial charge in [-0.2, -0.15) is 10.1 Å². The van der Waals surface area contributed by atoms with Gasteiger partial charge < -0.3 is 19.7 Å². The van der Waals surface area contributed by atoms with Crippen LogP contribution in [0.3, 0.4) is 0 Å². The van der Waals surface area contributed by atoms with Gasteiger partial charge in [-0.1, -0.05) is 0 Å². The largest absolute Gasteiger partial charge is 0.481 e. The molecule has 134 valence electrons. The summed E-state index contributed by atoms with van der Waals surface area (Å²) < 4.78 is 12.2. The highest BCUT2D eigenvalue weighted by atomic mass is 16.5. The fourth-order valence-electron chi connectivity index (χ4n) is 2.99. The number of anilines is 1. The zero-order chi connectivity index (χ0) is 17.8. The molecule has 8 nitrogen and oxygen atoms in total. The van der Waals surface area contributed by atoms with Gasteiger partial charge >= 0.3 is 0 Å². The number of carbonyl (C=O) groups excluding carboxylic acids is 1. The Labute approximate surface area is 146 Å². The molecular weight excluding hydrogens is 322 g/mol. The van der Waals surface area contributed by atoms with Crippen LogP contribution in [0.25, 0.3) is 0 Å². The number of piperidine rings is 1. The topological polar surface area (TPSA) is 81.5 Å². The van der Waals surface area contributed by atoms with Crippen molar-refractivity contribution in [2.24, 2.45) is 0 Å². The van der Waals surface area contributed by atoms with E-state index in [2.05, 4.69) is 27.3 Å². The summed E-state index contributed by atoms with van der Waals surface area (Å²) in [6.45, 7) is 2.04. The number of hydrogen-bond donors (Lipinski definition) is 1. The molecule has 1 saturated heterocycles. The van der Waals surface area contributed by atoms with Crippen molar-refractivity contribution < 1.29 is 14.3 Å². The van der Waals surface area contributed by atoms with Crippen LogP contribution in [0.1, 0.15) is 29.2 Å². The molecule has 1 aliphatic heterocycles. The second-order valence-corrected chi connectivity index (χ2v) is 6.06. The summed E-state index contributed by atoms with van der Waals surface area (Å²) in [7, 11) is 5.11. The number of methoxy groups -OCH3 is 2. The minimum atomic E-state index is -0.290. The Balaban J connectivity index is 1.77. The van der Waals surface area contributed by atoms with E-state index >= 15 is 0 Å². The first-order valence-corrected chi connectivity index (χ1v) is 8.24. The second kappa shape index (κ2) is 7.52. The van der Waals surface area contributed by atoms with Crippen LogP contribution in [0.15, 0.2) is 24.4 Å². The van der Waals surface area contributed by atoms with Crippen molar-refractivity contribution in [3.8, 4) is 11.8 Å². The number of amides is 1. The molecule has 1 aliphatic rings.